The zero-order valence-corrected chi connectivity index (χ0v) is 29.0. The van der Waals surface area contributed by atoms with Crippen LogP contribution in [0.25, 0.3) is 89.5 Å². The third-order valence-electron chi connectivity index (χ3n) is 9.74. The highest BCUT2D eigenvalue weighted by atomic mass is 16.4. The van der Waals surface area contributed by atoms with E-state index < -0.39 is 23.0 Å². The first kappa shape index (κ1) is 33.5. The Bertz CT molecular complexity index is 2920. The maximum Gasteiger partial charge on any atom is 0.205 e. The van der Waals surface area contributed by atoms with Crippen molar-refractivity contribution in [3.05, 3.63) is 140 Å². The monoisotopic (exact) mass is 711 g/mol. The Morgan fingerprint density at radius 1 is 0.364 bits per heavy atom. The second-order valence-corrected chi connectivity index (χ2v) is 13.0. The first-order valence-electron chi connectivity index (χ1n) is 17.3. The molecular formula is C45H27B2N3O5. The minimum Gasteiger partial charge on any atom is -0.504 e. The van der Waals surface area contributed by atoms with E-state index in [9.17, 15) is 20.4 Å². The predicted octanol–water partition coefficient (Wildman–Crippen LogP) is 8.18. The van der Waals surface area contributed by atoms with Gasteiger partial charge in [0, 0.05) is 27.5 Å². The molecule has 0 saturated carbocycles. The third-order valence-corrected chi connectivity index (χ3v) is 9.74. The van der Waals surface area contributed by atoms with Crippen molar-refractivity contribution in [2.24, 2.45) is 0 Å². The predicted molar refractivity (Wildman–Crippen MR) is 217 cm³/mol. The van der Waals surface area contributed by atoms with Crippen LogP contribution < -0.4 is 10.9 Å². The van der Waals surface area contributed by atoms with Crippen molar-refractivity contribution in [3.63, 3.8) is 0 Å². The van der Waals surface area contributed by atoms with Crippen LogP contribution in [0.5, 0.6) is 23.0 Å². The Kier molecular flexibility index (Phi) is 8.08. The number of phenols is 4. The smallest absolute Gasteiger partial charge is 0.205 e. The molecule has 0 spiro atoms. The second-order valence-electron chi connectivity index (χ2n) is 13.0. The summed E-state index contributed by atoms with van der Waals surface area (Å²) in [5.41, 5.74) is 5.37. The minimum atomic E-state index is -0.799. The Morgan fingerprint density at radius 3 is 1.47 bits per heavy atom. The van der Waals surface area contributed by atoms with Crippen LogP contribution in [-0.2, 0) is 0 Å². The number of hydrogen-bond acceptors (Lipinski definition) is 8. The summed E-state index contributed by atoms with van der Waals surface area (Å²) in [6.07, 6.45) is 0. The van der Waals surface area contributed by atoms with Crippen LogP contribution in [0.3, 0.4) is 0 Å². The van der Waals surface area contributed by atoms with Gasteiger partial charge in [-0.15, -0.1) is 0 Å². The molecule has 8 nitrogen and oxygen atoms in total. The summed E-state index contributed by atoms with van der Waals surface area (Å²) in [7, 11) is 13.6. The van der Waals surface area contributed by atoms with Crippen LogP contribution in [0.4, 0.5) is 0 Å². The van der Waals surface area contributed by atoms with E-state index in [4.69, 9.17) is 35.1 Å². The fourth-order valence-electron chi connectivity index (χ4n) is 7.00. The van der Waals surface area contributed by atoms with Gasteiger partial charge in [0.05, 0.1) is 5.56 Å². The lowest BCUT2D eigenvalue weighted by atomic mass is 9.74. The number of aromatic hydroxyl groups is 4. The number of benzene rings is 7. The summed E-state index contributed by atoms with van der Waals surface area (Å²) < 4.78 is 6.12. The number of fused-ring (bicyclic) bond motifs is 3. The highest BCUT2D eigenvalue weighted by molar-refractivity contribution is 6.56. The summed E-state index contributed by atoms with van der Waals surface area (Å²) in [6, 6.07) is 44.0. The highest BCUT2D eigenvalue weighted by Gasteiger charge is 2.30. The van der Waals surface area contributed by atoms with Crippen LogP contribution in [-0.4, -0.2) is 51.1 Å². The molecule has 9 rings (SSSR count). The van der Waals surface area contributed by atoms with E-state index in [1.54, 1.807) is 12.1 Å². The number of phenolic OH excluding ortho intramolecular Hbond substituents is 4. The highest BCUT2D eigenvalue weighted by Crippen LogP contribution is 2.53. The Labute approximate surface area is 317 Å². The average Bonchev–Trinajstić information content (AvgIpc) is 3.64. The maximum atomic E-state index is 12.0. The lowest BCUT2D eigenvalue weighted by Crippen LogP contribution is -2.29. The Balaban J connectivity index is 1.27. The van der Waals surface area contributed by atoms with Crippen molar-refractivity contribution >= 4 is 48.6 Å². The largest absolute Gasteiger partial charge is 0.504 e. The Morgan fingerprint density at radius 2 is 0.836 bits per heavy atom. The van der Waals surface area contributed by atoms with Crippen LogP contribution in [0, 0.1) is 0 Å². The van der Waals surface area contributed by atoms with Gasteiger partial charge in [0.15, 0.2) is 40.1 Å². The van der Waals surface area contributed by atoms with E-state index in [2.05, 4.69) is 0 Å². The molecule has 2 heterocycles. The van der Waals surface area contributed by atoms with Gasteiger partial charge in [-0.2, -0.15) is 0 Å². The first-order chi connectivity index (χ1) is 26.8. The van der Waals surface area contributed by atoms with Crippen molar-refractivity contribution in [1.82, 2.24) is 15.0 Å². The fourth-order valence-corrected chi connectivity index (χ4v) is 7.00. The summed E-state index contributed by atoms with van der Waals surface area (Å²) in [5, 5.41) is 45.6. The van der Waals surface area contributed by atoms with E-state index in [-0.39, 0.29) is 49.8 Å². The van der Waals surface area contributed by atoms with Crippen molar-refractivity contribution in [1.29, 1.82) is 0 Å². The third kappa shape index (κ3) is 5.63. The zero-order chi connectivity index (χ0) is 37.8. The first-order valence-corrected chi connectivity index (χ1v) is 17.3. The molecule has 4 N–H and O–H groups in total. The fraction of sp³-hybridized carbons (Fsp3) is 0. The molecule has 0 unspecified atom stereocenters. The average molecular weight is 711 g/mol. The molecule has 4 radical (unpaired) electrons. The normalized spacial score (nSPS) is 11.3. The molecule has 0 bridgehead atoms. The summed E-state index contributed by atoms with van der Waals surface area (Å²) in [5.74, 6) is -1.94. The lowest BCUT2D eigenvalue weighted by Gasteiger charge is -2.15. The summed E-state index contributed by atoms with van der Waals surface area (Å²) in [4.78, 5) is 14.4. The number of rotatable bonds is 6. The molecule has 0 atom stereocenters. The quantitative estimate of drug-likeness (QED) is 0.100. The number of aromatic nitrogens is 3. The van der Waals surface area contributed by atoms with E-state index in [1.165, 1.54) is 0 Å². The zero-order valence-electron chi connectivity index (χ0n) is 29.0. The van der Waals surface area contributed by atoms with E-state index >= 15 is 0 Å². The van der Waals surface area contributed by atoms with Crippen molar-refractivity contribution in [2.75, 3.05) is 0 Å². The number of nitrogens with zero attached hydrogens (tertiary/aromatic N) is 3. The van der Waals surface area contributed by atoms with Crippen LogP contribution >= 0.6 is 0 Å². The molecule has 9 aromatic rings. The van der Waals surface area contributed by atoms with E-state index in [0.717, 1.165) is 22.3 Å². The maximum absolute atomic E-state index is 12.0. The van der Waals surface area contributed by atoms with Gasteiger partial charge in [-0.25, -0.2) is 15.0 Å². The molecule has 0 amide bonds. The molecule has 0 aliphatic rings. The van der Waals surface area contributed by atoms with Crippen LogP contribution in [0.15, 0.2) is 144 Å². The SMILES string of the molecule is [B]c1c(-c2nc(-c3ccccc3)nc(-c3cccc(-c4ccccc4)c3)n2)c(O)c2oc3c(O)c(O)c(O)c(-c4ccc(-c5ccccc5)cc4)c3c2c1[B]. The van der Waals surface area contributed by atoms with E-state index in [1.807, 2.05) is 127 Å². The van der Waals surface area contributed by atoms with Gasteiger partial charge in [-0.3, -0.25) is 0 Å². The molecule has 0 saturated heterocycles. The van der Waals surface area contributed by atoms with Gasteiger partial charge in [-0.05, 0) is 33.9 Å². The molecule has 2 aromatic heterocycles. The standard InChI is InChI=1S/C45H27B2N3O5/c46-35-33-32-31(27-21-19-26(20-22-27)24-11-4-1-5-12-24)37(51)39(53)40(54)41(32)55-42(33)38(52)34(36(35)47)45-49-43(28-15-8-3-9-16-28)48-44(50-45)30-18-10-17-29(23-30)25-13-6-2-7-14-25/h1-23,51-54H. The van der Waals surface area contributed by atoms with Gasteiger partial charge in [-0.1, -0.05) is 144 Å². The summed E-state index contributed by atoms with van der Waals surface area (Å²) in [6.45, 7) is 0. The molecule has 10 heteroatoms. The number of hydrogen-bond donors (Lipinski definition) is 4. The lowest BCUT2D eigenvalue weighted by molar-refractivity contribution is 0.368. The Hall–Kier alpha value is -7.32. The van der Waals surface area contributed by atoms with Gasteiger partial charge >= 0.3 is 0 Å². The van der Waals surface area contributed by atoms with Crippen molar-refractivity contribution in [3.8, 4) is 90.5 Å². The summed E-state index contributed by atoms with van der Waals surface area (Å²) >= 11 is 0. The molecule has 258 valence electrons. The van der Waals surface area contributed by atoms with Gasteiger partial charge in [0.1, 0.15) is 15.7 Å². The van der Waals surface area contributed by atoms with Crippen LogP contribution in [0.1, 0.15) is 0 Å². The topological polar surface area (TPSA) is 133 Å². The van der Waals surface area contributed by atoms with Gasteiger partial charge in [0.2, 0.25) is 11.5 Å². The second kappa shape index (κ2) is 13.3. The molecule has 0 fully saturated rings. The van der Waals surface area contributed by atoms with Crippen molar-refractivity contribution < 1.29 is 24.8 Å². The molecular weight excluding hydrogens is 684 g/mol. The molecule has 55 heavy (non-hydrogen) atoms. The van der Waals surface area contributed by atoms with E-state index in [0.29, 0.717) is 28.3 Å². The number of furan rings is 1. The van der Waals surface area contributed by atoms with Gasteiger partial charge < -0.3 is 24.8 Å². The van der Waals surface area contributed by atoms with Crippen LogP contribution in [0.2, 0.25) is 0 Å². The molecule has 0 aliphatic carbocycles. The molecule has 7 aromatic carbocycles. The minimum absolute atomic E-state index is 0.0182. The molecule has 0 aliphatic heterocycles. The van der Waals surface area contributed by atoms with Crippen molar-refractivity contribution in [2.45, 2.75) is 0 Å². The van der Waals surface area contributed by atoms with Gasteiger partial charge in [0.25, 0.3) is 0 Å².